The van der Waals surface area contributed by atoms with Crippen LogP contribution in [0.1, 0.15) is 31.9 Å². The molecule has 2 rings (SSSR count). The second kappa shape index (κ2) is 5.03. The molecule has 0 saturated heterocycles. The van der Waals surface area contributed by atoms with Gasteiger partial charge in [0.2, 0.25) is 0 Å². The molecule has 1 aromatic carbocycles. The zero-order valence-corrected chi connectivity index (χ0v) is 8.80. The zero-order valence-electron chi connectivity index (χ0n) is 8.80. The van der Waals surface area contributed by atoms with Crippen LogP contribution in [0.3, 0.4) is 0 Å². The highest BCUT2D eigenvalue weighted by Gasteiger charge is 2.06. The van der Waals surface area contributed by atoms with Crippen LogP contribution < -0.4 is 5.32 Å². The predicted octanol–water partition coefficient (Wildman–Crippen LogP) is 2.95. The lowest BCUT2D eigenvalue weighted by Crippen LogP contribution is -1.99. The molecule has 0 saturated carbocycles. The summed E-state index contributed by atoms with van der Waals surface area (Å²) in [5.41, 5.74) is 2.91. The van der Waals surface area contributed by atoms with Gasteiger partial charge in [-0.2, -0.15) is 0 Å². The minimum absolute atomic E-state index is 0.833. The summed E-state index contributed by atoms with van der Waals surface area (Å²) < 4.78 is 0. The normalized spacial score (nSPS) is 13.5. The lowest BCUT2D eigenvalue weighted by Gasteiger charge is -1.91. The van der Waals surface area contributed by atoms with E-state index in [0.717, 1.165) is 19.0 Å². The van der Waals surface area contributed by atoms with Crippen LogP contribution in [-0.2, 0) is 13.1 Å². The van der Waals surface area contributed by atoms with E-state index in [1.165, 1.54) is 11.1 Å². The van der Waals surface area contributed by atoms with E-state index in [1.54, 1.807) is 0 Å². The van der Waals surface area contributed by atoms with Gasteiger partial charge < -0.3 is 5.32 Å². The Kier molecular flexibility index (Phi) is 3.97. The second-order valence-corrected chi connectivity index (χ2v) is 4.10. The van der Waals surface area contributed by atoms with Crippen molar-refractivity contribution in [1.29, 1.82) is 0 Å². The fraction of sp³-hybridized carbons (Fsp3) is 0.500. The Balaban J connectivity index is 0.000000184. The molecular formula is C12H19N. The molecule has 72 valence electrons. The van der Waals surface area contributed by atoms with E-state index < -0.39 is 0 Å². The average molecular weight is 177 g/mol. The van der Waals surface area contributed by atoms with Crippen LogP contribution in [0.25, 0.3) is 0 Å². The van der Waals surface area contributed by atoms with Crippen molar-refractivity contribution in [3.63, 3.8) is 0 Å². The molecule has 1 N–H and O–H groups in total. The molecule has 13 heavy (non-hydrogen) atoms. The van der Waals surface area contributed by atoms with Crippen LogP contribution in [-0.4, -0.2) is 0 Å². The number of hydrogen-bond donors (Lipinski definition) is 1. The van der Waals surface area contributed by atoms with Gasteiger partial charge in [-0.1, -0.05) is 45.0 Å². The summed E-state index contributed by atoms with van der Waals surface area (Å²) in [5.74, 6) is 0.833. The molecule has 1 aromatic rings. The molecule has 0 bridgehead atoms. The van der Waals surface area contributed by atoms with Crippen molar-refractivity contribution < 1.29 is 0 Å². The third kappa shape index (κ3) is 3.60. The maximum atomic E-state index is 3.29. The molecule has 0 unspecified atom stereocenters. The van der Waals surface area contributed by atoms with Gasteiger partial charge in [0.15, 0.2) is 0 Å². The SMILES string of the molecule is CC(C)C.c1ccc2c(c1)CNC2. The molecule has 0 amide bonds. The molecule has 0 atom stereocenters. The van der Waals surface area contributed by atoms with Gasteiger partial charge in [0, 0.05) is 13.1 Å². The van der Waals surface area contributed by atoms with E-state index in [2.05, 4.69) is 50.4 Å². The third-order valence-corrected chi connectivity index (χ3v) is 1.75. The Morgan fingerprint density at radius 3 is 1.77 bits per heavy atom. The Morgan fingerprint density at radius 2 is 1.38 bits per heavy atom. The van der Waals surface area contributed by atoms with E-state index in [-0.39, 0.29) is 0 Å². The summed E-state index contributed by atoms with van der Waals surface area (Å²) >= 11 is 0. The van der Waals surface area contributed by atoms with Gasteiger partial charge in [0.05, 0.1) is 0 Å². The molecule has 0 radical (unpaired) electrons. The Hall–Kier alpha value is -0.820. The molecule has 1 heteroatoms. The minimum atomic E-state index is 0.833. The van der Waals surface area contributed by atoms with Crippen LogP contribution in [0.2, 0.25) is 0 Å². The van der Waals surface area contributed by atoms with Crippen LogP contribution in [0.4, 0.5) is 0 Å². The molecule has 0 aromatic heterocycles. The van der Waals surface area contributed by atoms with Crippen molar-refractivity contribution >= 4 is 0 Å². The zero-order chi connectivity index (χ0) is 9.68. The van der Waals surface area contributed by atoms with Crippen LogP contribution in [0.5, 0.6) is 0 Å². The largest absolute Gasteiger partial charge is 0.309 e. The fourth-order valence-electron chi connectivity index (χ4n) is 1.23. The van der Waals surface area contributed by atoms with Gasteiger partial charge in [-0.05, 0) is 17.0 Å². The van der Waals surface area contributed by atoms with Crippen molar-refractivity contribution in [2.45, 2.75) is 33.9 Å². The highest BCUT2D eigenvalue weighted by Crippen LogP contribution is 2.12. The summed E-state index contributed by atoms with van der Waals surface area (Å²) in [6, 6.07) is 8.53. The first kappa shape index (κ1) is 10.3. The number of fused-ring (bicyclic) bond motifs is 1. The van der Waals surface area contributed by atoms with Crippen LogP contribution in [0.15, 0.2) is 24.3 Å². The first-order chi connectivity index (χ1) is 6.20. The Bertz CT molecular complexity index is 227. The van der Waals surface area contributed by atoms with Gasteiger partial charge in [-0.25, -0.2) is 0 Å². The quantitative estimate of drug-likeness (QED) is 0.642. The summed E-state index contributed by atoms with van der Waals surface area (Å²) in [7, 11) is 0. The first-order valence-electron chi connectivity index (χ1n) is 4.97. The average Bonchev–Trinajstić information content (AvgIpc) is 2.49. The maximum Gasteiger partial charge on any atom is 0.0211 e. The number of hydrogen-bond acceptors (Lipinski definition) is 1. The predicted molar refractivity (Wildman–Crippen MR) is 57.5 cm³/mol. The summed E-state index contributed by atoms with van der Waals surface area (Å²) in [6.07, 6.45) is 0. The second-order valence-electron chi connectivity index (χ2n) is 4.10. The van der Waals surface area contributed by atoms with Gasteiger partial charge in [-0.15, -0.1) is 0 Å². The molecular weight excluding hydrogens is 158 g/mol. The monoisotopic (exact) mass is 177 g/mol. The highest BCUT2D eigenvalue weighted by molar-refractivity contribution is 5.29. The summed E-state index contributed by atoms with van der Waals surface area (Å²) in [4.78, 5) is 0. The molecule has 1 nitrogen and oxygen atoms in total. The maximum absolute atomic E-state index is 3.29. The van der Waals surface area contributed by atoms with Crippen molar-refractivity contribution in [3.05, 3.63) is 35.4 Å². The van der Waals surface area contributed by atoms with Crippen LogP contribution in [0, 0.1) is 5.92 Å². The molecule has 0 aliphatic carbocycles. The highest BCUT2D eigenvalue weighted by atomic mass is 14.9. The van der Waals surface area contributed by atoms with Gasteiger partial charge in [-0.3, -0.25) is 0 Å². The molecule has 0 fully saturated rings. The van der Waals surface area contributed by atoms with Gasteiger partial charge in [0.1, 0.15) is 0 Å². The van der Waals surface area contributed by atoms with Crippen LogP contribution >= 0.6 is 0 Å². The third-order valence-electron chi connectivity index (χ3n) is 1.75. The van der Waals surface area contributed by atoms with Crippen molar-refractivity contribution in [3.8, 4) is 0 Å². The lowest BCUT2D eigenvalue weighted by molar-refractivity contribution is 0.737. The van der Waals surface area contributed by atoms with E-state index in [4.69, 9.17) is 0 Å². The summed E-state index contributed by atoms with van der Waals surface area (Å²) in [6.45, 7) is 8.60. The van der Waals surface area contributed by atoms with E-state index in [1.807, 2.05) is 0 Å². The van der Waals surface area contributed by atoms with Gasteiger partial charge in [0.25, 0.3) is 0 Å². The van der Waals surface area contributed by atoms with E-state index >= 15 is 0 Å². The number of benzene rings is 1. The smallest absolute Gasteiger partial charge is 0.0211 e. The molecule has 1 aliphatic heterocycles. The number of nitrogens with one attached hydrogen (secondary N) is 1. The Labute approximate surface area is 81.2 Å². The topological polar surface area (TPSA) is 12.0 Å². The molecule has 0 spiro atoms. The van der Waals surface area contributed by atoms with E-state index in [9.17, 15) is 0 Å². The fourth-order valence-corrected chi connectivity index (χ4v) is 1.23. The van der Waals surface area contributed by atoms with E-state index in [0.29, 0.717) is 0 Å². The van der Waals surface area contributed by atoms with Crippen molar-refractivity contribution in [1.82, 2.24) is 5.32 Å². The number of rotatable bonds is 0. The lowest BCUT2D eigenvalue weighted by atomic mass is 10.1. The van der Waals surface area contributed by atoms with Gasteiger partial charge >= 0.3 is 0 Å². The minimum Gasteiger partial charge on any atom is -0.309 e. The first-order valence-corrected chi connectivity index (χ1v) is 4.97. The van der Waals surface area contributed by atoms with Crippen molar-refractivity contribution in [2.75, 3.05) is 0 Å². The summed E-state index contributed by atoms with van der Waals surface area (Å²) in [5, 5.41) is 3.29. The molecule has 1 heterocycles. The standard InChI is InChI=1S/C8H9N.C4H10/c1-2-4-8-6-9-5-7(8)3-1;1-4(2)3/h1-4,9H,5-6H2;4H,1-3H3. The Morgan fingerprint density at radius 1 is 1.00 bits per heavy atom. The molecule has 1 aliphatic rings. The van der Waals surface area contributed by atoms with Crippen molar-refractivity contribution in [2.24, 2.45) is 5.92 Å².